The monoisotopic (exact) mass is 229 g/mol. The molecule has 1 aliphatic rings. The third-order valence-corrected chi connectivity index (χ3v) is 2.38. The van der Waals surface area contributed by atoms with Gasteiger partial charge in [0.1, 0.15) is 11.6 Å². The van der Waals surface area contributed by atoms with E-state index in [2.05, 4.69) is 5.32 Å². The molecule has 5 nitrogen and oxygen atoms in total. The molecule has 0 saturated carbocycles. The van der Waals surface area contributed by atoms with Crippen LogP contribution in [0.5, 0.6) is 0 Å². The first-order valence-corrected chi connectivity index (χ1v) is 5.47. The normalized spacial score (nSPS) is 25.4. The molecule has 5 heteroatoms. The summed E-state index contributed by atoms with van der Waals surface area (Å²) in [6.07, 6.45) is 0.805. The highest BCUT2D eigenvalue weighted by molar-refractivity contribution is 5.89. The van der Waals surface area contributed by atoms with E-state index in [9.17, 15) is 9.59 Å². The van der Waals surface area contributed by atoms with Crippen LogP contribution in [0.15, 0.2) is 0 Å². The standard InChI is InChI=1S/C11H19NO4/c1-11(2,3)16-10(15)8-6-7(4-5-13)9(14)12-8/h7-8,13H,4-6H2,1-3H3,(H,12,14)/t7-,8-/m0/s1. The second-order valence-electron chi connectivity index (χ2n) is 5.04. The maximum atomic E-state index is 11.7. The highest BCUT2D eigenvalue weighted by Crippen LogP contribution is 2.21. The molecule has 92 valence electrons. The smallest absolute Gasteiger partial charge is 0.329 e. The van der Waals surface area contributed by atoms with Gasteiger partial charge in [-0.3, -0.25) is 4.79 Å². The molecule has 0 aromatic carbocycles. The van der Waals surface area contributed by atoms with Gasteiger partial charge in [0, 0.05) is 12.5 Å². The minimum Gasteiger partial charge on any atom is -0.458 e. The zero-order chi connectivity index (χ0) is 12.3. The van der Waals surface area contributed by atoms with Gasteiger partial charge in [0.05, 0.1) is 0 Å². The van der Waals surface area contributed by atoms with Gasteiger partial charge in [0.25, 0.3) is 0 Å². The molecule has 0 radical (unpaired) electrons. The third-order valence-electron chi connectivity index (χ3n) is 2.38. The lowest BCUT2D eigenvalue weighted by Gasteiger charge is -2.21. The molecule has 1 fully saturated rings. The quantitative estimate of drug-likeness (QED) is 0.679. The van der Waals surface area contributed by atoms with Gasteiger partial charge in [-0.1, -0.05) is 0 Å². The summed E-state index contributed by atoms with van der Waals surface area (Å²) in [7, 11) is 0. The van der Waals surface area contributed by atoms with Crippen LogP contribution in [0.1, 0.15) is 33.6 Å². The van der Waals surface area contributed by atoms with Gasteiger partial charge in [-0.25, -0.2) is 4.79 Å². The zero-order valence-corrected chi connectivity index (χ0v) is 9.95. The maximum absolute atomic E-state index is 11.7. The maximum Gasteiger partial charge on any atom is 0.329 e. The van der Waals surface area contributed by atoms with Crippen molar-refractivity contribution in [1.29, 1.82) is 0 Å². The molecule has 2 N–H and O–H groups in total. The average molecular weight is 229 g/mol. The summed E-state index contributed by atoms with van der Waals surface area (Å²) in [5.74, 6) is -0.853. The van der Waals surface area contributed by atoms with E-state index < -0.39 is 17.6 Å². The minimum atomic E-state index is -0.566. The van der Waals surface area contributed by atoms with Crippen molar-refractivity contribution in [2.45, 2.75) is 45.3 Å². The van der Waals surface area contributed by atoms with Crippen LogP contribution in [-0.2, 0) is 14.3 Å². The van der Waals surface area contributed by atoms with Crippen LogP contribution in [-0.4, -0.2) is 35.2 Å². The van der Waals surface area contributed by atoms with E-state index in [1.807, 2.05) is 0 Å². The van der Waals surface area contributed by atoms with Crippen LogP contribution in [0.3, 0.4) is 0 Å². The van der Waals surface area contributed by atoms with Crippen molar-refractivity contribution in [3.05, 3.63) is 0 Å². The molecule has 0 bridgehead atoms. The number of rotatable bonds is 3. The highest BCUT2D eigenvalue weighted by atomic mass is 16.6. The molecule has 16 heavy (non-hydrogen) atoms. The van der Waals surface area contributed by atoms with Crippen LogP contribution in [0.2, 0.25) is 0 Å². The van der Waals surface area contributed by atoms with Crippen molar-refractivity contribution < 1.29 is 19.4 Å². The Morgan fingerprint density at radius 2 is 2.19 bits per heavy atom. The fraction of sp³-hybridized carbons (Fsp3) is 0.818. The lowest BCUT2D eigenvalue weighted by Crippen LogP contribution is -2.38. The van der Waals surface area contributed by atoms with Crippen molar-refractivity contribution >= 4 is 11.9 Å². The number of carbonyl (C=O) groups is 2. The Bertz CT molecular complexity index is 282. The van der Waals surface area contributed by atoms with Crippen LogP contribution < -0.4 is 5.32 Å². The predicted octanol–water partition coefficient (Wildman–Crippen LogP) is 0.215. The second-order valence-corrected chi connectivity index (χ2v) is 5.04. The topological polar surface area (TPSA) is 75.6 Å². The number of nitrogens with one attached hydrogen (secondary N) is 1. The van der Waals surface area contributed by atoms with E-state index in [1.54, 1.807) is 20.8 Å². The fourth-order valence-electron chi connectivity index (χ4n) is 1.67. The first-order chi connectivity index (χ1) is 7.33. The van der Waals surface area contributed by atoms with Crippen molar-refractivity contribution in [2.75, 3.05) is 6.61 Å². The van der Waals surface area contributed by atoms with Gasteiger partial charge in [-0.15, -0.1) is 0 Å². The highest BCUT2D eigenvalue weighted by Gasteiger charge is 2.37. The molecule has 0 spiro atoms. The Hall–Kier alpha value is -1.10. The summed E-state index contributed by atoms with van der Waals surface area (Å²) in [6, 6.07) is -0.566. The Morgan fingerprint density at radius 3 is 2.69 bits per heavy atom. The largest absolute Gasteiger partial charge is 0.458 e. The van der Waals surface area contributed by atoms with E-state index in [1.165, 1.54) is 0 Å². The zero-order valence-electron chi connectivity index (χ0n) is 9.95. The number of hydrogen-bond acceptors (Lipinski definition) is 4. The van der Waals surface area contributed by atoms with Gasteiger partial charge in [0.15, 0.2) is 0 Å². The van der Waals surface area contributed by atoms with E-state index in [0.717, 1.165) is 0 Å². The van der Waals surface area contributed by atoms with Crippen LogP contribution in [0.25, 0.3) is 0 Å². The lowest BCUT2D eigenvalue weighted by atomic mass is 10.0. The number of aliphatic hydroxyl groups is 1. The van der Waals surface area contributed by atoms with E-state index in [-0.39, 0.29) is 18.4 Å². The molecule has 2 atom stereocenters. The number of esters is 1. The number of amides is 1. The minimum absolute atomic E-state index is 0.0425. The van der Waals surface area contributed by atoms with E-state index >= 15 is 0 Å². The van der Waals surface area contributed by atoms with Crippen LogP contribution in [0, 0.1) is 5.92 Å². The van der Waals surface area contributed by atoms with Crippen LogP contribution in [0.4, 0.5) is 0 Å². The molecule has 1 saturated heterocycles. The molecule has 0 aliphatic carbocycles. The molecule has 1 aliphatic heterocycles. The summed E-state index contributed by atoms with van der Waals surface area (Å²) in [4.78, 5) is 23.1. The van der Waals surface area contributed by atoms with Crippen molar-refractivity contribution in [1.82, 2.24) is 5.32 Å². The second kappa shape index (κ2) is 4.82. The molecule has 0 unspecified atom stereocenters. The summed E-state index contributed by atoms with van der Waals surface area (Å²) in [6.45, 7) is 5.31. The first-order valence-electron chi connectivity index (χ1n) is 5.47. The summed E-state index contributed by atoms with van der Waals surface area (Å²) in [5.41, 5.74) is -0.545. The van der Waals surface area contributed by atoms with Gasteiger partial charge >= 0.3 is 5.97 Å². The molecule has 0 aromatic rings. The average Bonchev–Trinajstić information content (AvgIpc) is 2.46. The molecule has 1 amide bonds. The number of aliphatic hydroxyl groups excluding tert-OH is 1. The third kappa shape index (κ3) is 3.48. The summed E-state index contributed by atoms with van der Waals surface area (Å²) >= 11 is 0. The van der Waals surface area contributed by atoms with Gasteiger partial charge in [-0.05, 0) is 33.6 Å². The lowest BCUT2D eigenvalue weighted by molar-refractivity contribution is -0.157. The number of hydrogen-bond donors (Lipinski definition) is 2. The Kier molecular flexibility index (Phi) is 3.91. The predicted molar refractivity (Wildman–Crippen MR) is 57.6 cm³/mol. The van der Waals surface area contributed by atoms with Crippen LogP contribution >= 0.6 is 0 Å². The van der Waals surface area contributed by atoms with Gasteiger partial charge in [0.2, 0.25) is 5.91 Å². The van der Waals surface area contributed by atoms with Gasteiger partial charge < -0.3 is 15.2 Å². The van der Waals surface area contributed by atoms with E-state index in [4.69, 9.17) is 9.84 Å². The fourth-order valence-corrected chi connectivity index (χ4v) is 1.67. The van der Waals surface area contributed by atoms with Gasteiger partial charge in [-0.2, -0.15) is 0 Å². The van der Waals surface area contributed by atoms with Crippen molar-refractivity contribution in [2.24, 2.45) is 5.92 Å². The van der Waals surface area contributed by atoms with Crippen molar-refractivity contribution in [3.63, 3.8) is 0 Å². The molecule has 1 heterocycles. The summed E-state index contributed by atoms with van der Waals surface area (Å²) < 4.78 is 5.18. The summed E-state index contributed by atoms with van der Waals surface area (Å²) in [5, 5.41) is 11.3. The Balaban J connectivity index is 2.52. The Morgan fingerprint density at radius 1 is 1.56 bits per heavy atom. The molecule has 0 aromatic heterocycles. The van der Waals surface area contributed by atoms with E-state index in [0.29, 0.717) is 12.8 Å². The van der Waals surface area contributed by atoms with Crippen molar-refractivity contribution in [3.8, 4) is 0 Å². The first kappa shape index (κ1) is 13.0. The molecular formula is C11H19NO4. The molecular weight excluding hydrogens is 210 g/mol. The Labute approximate surface area is 95.2 Å². The SMILES string of the molecule is CC(C)(C)OC(=O)[C@@H]1C[C@H](CCO)C(=O)N1. The number of ether oxygens (including phenoxy) is 1. The molecule has 1 rings (SSSR count). The number of carbonyl (C=O) groups excluding carboxylic acids is 2.